The fraction of sp³-hybridized carbons (Fsp3) is 0. The molecule has 0 aliphatic carbocycles. The fourth-order valence-electron chi connectivity index (χ4n) is 2.45. The molecule has 0 heterocycles. The first kappa shape index (κ1) is 16.2. The zero-order valence-corrected chi connectivity index (χ0v) is 14.8. The summed E-state index contributed by atoms with van der Waals surface area (Å²) in [5, 5.41) is 3.52. The van der Waals surface area contributed by atoms with E-state index in [1.165, 1.54) is 0 Å². The number of para-hydroxylation sites is 2. The topological polar surface area (TPSA) is 15.0 Å². The third kappa shape index (κ3) is 3.81. The lowest BCUT2D eigenvalue weighted by Crippen LogP contribution is -2.23. The lowest BCUT2D eigenvalue weighted by molar-refractivity contribution is -0.359. The molecule has 0 saturated carbocycles. The molecule has 3 heteroatoms. The van der Waals surface area contributed by atoms with E-state index in [1.54, 1.807) is 0 Å². The number of nitrogens with zero attached hydrogens (tertiary/aromatic N) is 1. The van der Waals surface area contributed by atoms with Gasteiger partial charge in [0.25, 0.3) is 5.84 Å². The van der Waals surface area contributed by atoms with Crippen LogP contribution in [0.1, 0.15) is 5.56 Å². The highest BCUT2D eigenvalue weighted by molar-refractivity contribution is 9.10. The molecule has 0 aliphatic heterocycles. The number of rotatable bonds is 4. The summed E-state index contributed by atoms with van der Waals surface area (Å²) in [6.07, 6.45) is 1.82. The maximum absolute atomic E-state index is 4.00. The molecule has 0 atom stereocenters. The van der Waals surface area contributed by atoms with Crippen molar-refractivity contribution in [2.24, 2.45) is 0 Å². The van der Waals surface area contributed by atoms with Crippen LogP contribution in [0.25, 0.3) is 0 Å². The molecule has 0 amide bonds. The smallest absolute Gasteiger partial charge is 0.240 e. The highest BCUT2D eigenvalue weighted by atomic mass is 79.9. The van der Waals surface area contributed by atoms with Crippen molar-refractivity contribution in [1.82, 2.24) is 0 Å². The average molecular weight is 378 g/mol. The van der Waals surface area contributed by atoms with Crippen molar-refractivity contribution in [1.29, 1.82) is 0 Å². The van der Waals surface area contributed by atoms with Gasteiger partial charge < -0.3 is 0 Å². The Kier molecular flexibility index (Phi) is 5.24. The molecule has 1 N–H and O–H groups in total. The minimum atomic E-state index is 0.954. The molecule has 0 aromatic heterocycles. The molecule has 24 heavy (non-hydrogen) atoms. The maximum atomic E-state index is 4.00. The second kappa shape index (κ2) is 7.75. The van der Waals surface area contributed by atoms with Gasteiger partial charge in [-0.1, -0.05) is 58.9 Å². The van der Waals surface area contributed by atoms with Crippen LogP contribution in [-0.2, 0) is 0 Å². The first-order valence-electron chi connectivity index (χ1n) is 7.70. The van der Waals surface area contributed by atoms with Gasteiger partial charge in [0.05, 0.1) is 11.8 Å². The van der Waals surface area contributed by atoms with E-state index >= 15 is 0 Å². The van der Waals surface area contributed by atoms with Crippen LogP contribution < -0.4 is 5.32 Å². The standard InChI is InChI=1S/C21H17BrN2/c1-2-24(20-11-7-4-8-12-20)21(17-13-15-18(22)16-14-17)23-19-9-5-3-6-10-19/h2-16H,1H2/p+1. The molecule has 3 rings (SSSR count). The largest absolute Gasteiger partial charge is 0.292 e. The van der Waals surface area contributed by atoms with Crippen LogP contribution in [0.4, 0.5) is 11.4 Å². The van der Waals surface area contributed by atoms with Crippen molar-refractivity contribution < 1.29 is 4.58 Å². The number of nitrogens with one attached hydrogen (secondary N) is 1. The monoisotopic (exact) mass is 377 g/mol. The quantitative estimate of drug-likeness (QED) is 0.345. The molecule has 0 spiro atoms. The Balaban J connectivity index is 2.14. The number of amidine groups is 1. The van der Waals surface area contributed by atoms with Gasteiger partial charge in [-0.2, -0.15) is 4.58 Å². The molecule has 2 nitrogen and oxygen atoms in total. The van der Waals surface area contributed by atoms with Crippen molar-refractivity contribution in [2.45, 2.75) is 0 Å². The summed E-state index contributed by atoms with van der Waals surface area (Å²) in [6.45, 7) is 4.00. The lowest BCUT2D eigenvalue weighted by Gasteiger charge is -2.10. The summed E-state index contributed by atoms with van der Waals surface area (Å²) >= 11 is 3.50. The third-order valence-electron chi connectivity index (χ3n) is 3.61. The molecule has 0 saturated heterocycles. The van der Waals surface area contributed by atoms with Gasteiger partial charge in [0, 0.05) is 4.47 Å². The number of hydrogen-bond donors (Lipinski definition) is 1. The van der Waals surface area contributed by atoms with Crippen molar-refractivity contribution in [3.8, 4) is 0 Å². The highest BCUT2D eigenvalue weighted by Gasteiger charge is 2.17. The Morgan fingerprint density at radius 2 is 1.42 bits per heavy atom. The highest BCUT2D eigenvalue weighted by Crippen LogP contribution is 2.18. The molecular formula is C21H18BrN2+. The SMILES string of the molecule is C=C[N+](=C(Nc1ccccc1)c1ccc(Br)cc1)c1ccccc1. The minimum Gasteiger partial charge on any atom is -0.240 e. The molecule has 0 unspecified atom stereocenters. The fourth-order valence-corrected chi connectivity index (χ4v) is 2.72. The second-order valence-electron chi connectivity index (χ2n) is 5.23. The van der Waals surface area contributed by atoms with Crippen molar-refractivity contribution in [2.75, 3.05) is 5.32 Å². The molecule has 118 valence electrons. The zero-order valence-electron chi connectivity index (χ0n) is 13.2. The van der Waals surface area contributed by atoms with Gasteiger partial charge in [-0.05, 0) is 48.5 Å². The van der Waals surface area contributed by atoms with E-state index in [1.807, 2.05) is 66.9 Å². The van der Waals surface area contributed by atoms with Crippen LogP contribution in [-0.4, -0.2) is 10.4 Å². The van der Waals surface area contributed by atoms with E-state index in [0.717, 1.165) is 27.2 Å². The number of hydrogen-bond acceptors (Lipinski definition) is 0. The van der Waals surface area contributed by atoms with E-state index in [9.17, 15) is 0 Å². The molecule has 0 radical (unpaired) electrons. The Labute approximate surface area is 150 Å². The van der Waals surface area contributed by atoms with E-state index in [2.05, 4.69) is 56.7 Å². The summed E-state index contributed by atoms with van der Waals surface area (Å²) in [5.74, 6) is 0.954. The Morgan fingerprint density at radius 1 is 0.833 bits per heavy atom. The minimum absolute atomic E-state index is 0.954. The summed E-state index contributed by atoms with van der Waals surface area (Å²) in [4.78, 5) is 0. The molecule has 3 aromatic carbocycles. The van der Waals surface area contributed by atoms with E-state index in [-0.39, 0.29) is 0 Å². The van der Waals surface area contributed by atoms with Gasteiger partial charge in [0.1, 0.15) is 11.4 Å². The normalized spacial score (nSPS) is 11.5. The van der Waals surface area contributed by atoms with Gasteiger partial charge in [0.2, 0.25) is 0 Å². The van der Waals surface area contributed by atoms with Crippen LogP contribution in [0, 0.1) is 0 Å². The van der Waals surface area contributed by atoms with Gasteiger partial charge in [-0.15, -0.1) is 0 Å². The van der Waals surface area contributed by atoms with E-state index in [4.69, 9.17) is 0 Å². The van der Waals surface area contributed by atoms with Gasteiger partial charge in [-0.25, -0.2) is 5.32 Å². The van der Waals surface area contributed by atoms with Crippen LogP contribution in [0.5, 0.6) is 0 Å². The molecular weight excluding hydrogens is 360 g/mol. The van der Waals surface area contributed by atoms with Crippen LogP contribution >= 0.6 is 15.9 Å². The Hall–Kier alpha value is -2.65. The number of halogens is 1. The van der Waals surface area contributed by atoms with Gasteiger partial charge in [0.15, 0.2) is 0 Å². The van der Waals surface area contributed by atoms with Gasteiger partial charge in [-0.3, -0.25) is 0 Å². The first-order chi connectivity index (χ1) is 11.8. The Bertz CT molecular complexity index is 838. The number of anilines is 1. The molecule has 0 aliphatic rings. The first-order valence-corrected chi connectivity index (χ1v) is 8.49. The van der Waals surface area contributed by atoms with Crippen molar-refractivity contribution >= 4 is 33.1 Å². The van der Waals surface area contributed by atoms with E-state index < -0.39 is 0 Å². The summed E-state index contributed by atoms with van der Waals surface area (Å²) in [7, 11) is 0. The summed E-state index contributed by atoms with van der Waals surface area (Å²) < 4.78 is 3.10. The molecule has 0 bridgehead atoms. The molecule has 3 aromatic rings. The maximum Gasteiger partial charge on any atom is 0.292 e. The van der Waals surface area contributed by atoms with Crippen LogP contribution in [0.2, 0.25) is 0 Å². The average Bonchev–Trinajstić information content (AvgIpc) is 2.64. The third-order valence-corrected chi connectivity index (χ3v) is 4.14. The Morgan fingerprint density at radius 3 is 2.00 bits per heavy atom. The lowest BCUT2D eigenvalue weighted by atomic mass is 10.2. The summed E-state index contributed by atoms with van der Waals surface area (Å²) in [5.41, 5.74) is 3.15. The van der Waals surface area contributed by atoms with Crippen LogP contribution in [0.15, 0.2) is 102 Å². The molecule has 0 fully saturated rings. The van der Waals surface area contributed by atoms with Crippen LogP contribution in [0.3, 0.4) is 0 Å². The zero-order chi connectivity index (χ0) is 16.8. The predicted molar refractivity (Wildman–Crippen MR) is 105 cm³/mol. The van der Waals surface area contributed by atoms with E-state index in [0.29, 0.717) is 0 Å². The van der Waals surface area contributed by atoms with Gasteiger partial charge >= 0.3 is 0 Å². The van der Waals surface area contributed by atoms with Crippen molar-refractivity contribution in [3.05, 3.63) is 108 Å². The predicted octanol–water partition coefficient (Wildman–Crippen LogP) is 5.80. The summed E-state index contributed by atoms with van der Waals surface area (Å²) in [6, 6.07) is 28.5. The number of benzene rings is 3. The van der Waals surface area contributed by atoms with Crippen molar-refractivity contribution in [3.63, 3.8) is 0 Å². The second-order valence-corrected chi connectivity index (χ2v) is 6.15.